The zero-order valence-electron chi connectivity index (χ0n) is 14.7. The lowest BCUT2D eigenvalue weighted by Crippen LogP contribution is -2.34. The summed E-state index contributed by atoms with van der Waals surface area (Å²) in [6.45, 7) is 7.11. The molecule has 0 aliphatic carbocycles. The molecular weight excluding hydrogens is 320 g/mol. The highest BCUT2D eigenvalue weighted by Gasteiger charge is 2.24. The van der Waals surface area contributed by atoms with Gasteiger partial charge in [-0.25, -0.2) is 9.59 Å². The number of hydrogen-bond acceptors (Lipinski definition) is 4. The van der Waals surface area contributed by atoms with Crippen molar-refractivity contribution >= 4 is 23.5 Å². The number of urea groups is 1. The maximum atomic E-state index is 12.1. The van der Waals surface area contributed by atoms with Crippen LogP contribution in [0.25, 0.3) is 0 Å². The third-order valence-corrected chi connectivity index (χ3v) is 4.64. The van der Waals surface area contributed by atoms with Crippen LogP contribution in [-0.2, 0) is 4.74 Å². The van der Waals surface area contributed by atoms with Crippen LogP contribution in [0.5, 0.6) is 0 Å². The highest BCUT2D eigenvalue weighted by Crippen LogP contribution is 2.22. The Balaban J connectivity index is 1.47. The van der Waals surface area contributed by atoms with Crippen molar-refractivity contribution in [1.29, 1.82) is 0 Å². The number of nitrogens with one attached hydrogen (secondary N) is 2. The average Bonchev–Trinajstić information content (AvgIpc) is 3.22. The molecule has 136 valence electrons. The Kier molecular flexibility index (Phi) is 5.75. The van der Waals surface area contributed by atoms with Crippen molar-refractivity contribution in [3.05, 3.63) is 24.3 Å². The summed E-state index contributed by atoms with van der Waals surface area (Å²) in [5.74, 6) is 0.517. The van der Waals surface area contributed by atoms with Crippen LogP contribution in [0.1, 0.15) is 19.8 Å². The number of ether oxygens (including phenoxy) is 1. The number of amides is 3. The van der Waals surface area contributed by atoms with E-state index in [1.807, 2.05) is 18.2 Å². The summed E-state index contributed by atoms with van der Waals surface area (Å²) in [5, 5.41) is 5.79. The van der Waals surface area contributed by atoms with Gasteiger partial charge in [0.2, 0.25) is 0 Å². The lowest BCUT2D eigenvalue weighted by molar-refractivity contribution is 0.181. The number of carbonyl (C=O) groups excluding carboxylic acids is 2. The van der Waals surface area contributed by atoms with E-state index in [4.69, 9.17) is 4.74 Å². The van der Waals surface area contributed by atoms with Gasteiger partial charge in [-0.1, -0.05) is 13.0 Å². The van der Waals surface area contributed by atoms with Gasteiger partial charge in [-0.3, -0.25) is 4.90 Å². The first-order valence-corrected chi connectivity index (χ1v) is 8.97. The highest BCUT2D eigenvalue weighted by atomic mass is 16.6. The van der Waals surface area contributed by atoms with E-state index < -0.39 is 0 Å². The molecule has 2 heterocycles. The largest absolute Gasteiger partial charge is 0.447 e. The number of carbonyl (C=O) groups is 2. The molecule has 0 spiro atoms. The van der Waals surface area contributed by atoms with Crippen LogP contribution in [0.4, 0.5) is 21.0 Å². The van der Waals surface area contributed by atoms with Crippen molar-refractivity contribution in [3.63, 3.8) is 0 Å². The molecule has 7 heteroatoms. The van der Waals surface area contributed by atoms with Crippen LogP contribution in [-0.4, -0.2) is 56.4 Å². The van der Waals surface area contributed by atoms with Gasteiger partial charge in [0.15, 0.2) is 0 Å². The first-order chi connectivity index (χ1) is 12.2. The van der Waals surface area contributed by atoms with Gasteiger partial charge in [0.1, 0.15) is 6.61 Å². The van der Waals surface area contributed by atoms with Crippen molar-refractivity contribution in [2.45, 2.75) is 19.8 Å². The third kappa shape index (κ3) is 4.63. The number of rotatable bonds is 6. The summed E-state index contributed by atoms with van der Waals surface area (Å²) in [5.41, 5.74) is 1.39. The zero-order chi connectivity index (χ0) is 17.6. The Morgan fingerprint density at radius 3 is 3.00 bits per heavy atom. The first-order valence-electron chi connectivity index (χ1n) is 8.97. The number of nitrogens with zero attached hydrogens (tertiary/aromatic N) is 2. The lowest BCUT2D eigenvalue weighted by Gasteiger charge is -2.16. The van der Waals surface area contributed by atoms with E-state index in [0.717, 1.165) is 31.7 Å². The summed E-state index contributed by atoms with van der Waals surface area (Å²) < 4.78 is 4.95. The van der Waals surface area contributed by atoms with Crippen molar-refractivity contribution in [1.82, 2.24) is 10.2 Å². The van der Waals surface area contributed by atoms with Crippen LogP contribution in [0, 0.1) is 5.92 Å². The molecule has 0 radical (unpaired) electrons. The minimum atomic E-state index is -0.348. The van der Waals surface area contributed by atoms with Gasteiger partial charge < -0.3 is 20.3 Å². The van der Waals surface area contributed by atoms with Gasteiger partial charge >= 0.3 is 12.1 Å². The van der Waals surface area contributed by atoms with Crippen LogP contribution in [0.2, 0.25) is 0 Å². The van der Waals surface area contributed by atoms with Crippen LogP contribution >= 0.6 is 0 Å². The van der Waals surface area contributed by atoms with E-state index in [1.165, 1.54) is 6.42 Å². The van der Waals surface area contributed by atoms with Crippen LogP contribution in [0.3, 0.4) is 0 Å². The molecule has 2 N–H and O–H groups in total. The van der Waals surface area contributed by atoms with E-state index in [2.05, 4.69) is 22.5 Å². The Morgan fingerprint density at radius 1 is 1.36 bits per heavy atom. The minimum absolute atomic E-state index is 0.213. The second-order valence-corrected chi connectivity index (χ2v) is 6.61. The molecule has 0 saturated carbocycles. The normalized spacial score (nSPS) is 20.6. The predicted octanol–water partition coefficient (Wildman–Crippen LogP) is 2.50. The lowest BCUT2D eigenvalue weighted by atomic mass is 10.1. The van der Waals surface area contributed by atoms with Gasteiger partial charge in [-0.05, 0) is 50.0 Å². The number of cyclic esters (lactones) is 1. The van der Waals surface area contributed by atoms with Crippen molar-refractivity contribution in [2.24, 2.45) is 5.92 Å². The van der Waals surface area contributed by atoms with E-state index in [0.29, 0.717) is 31.3 Å². The molecule has 0 aromatic heterocycles. The maximum absolute atomic E-state index is 12.1. The Hall–Kier alpha value is -2.28. The van der Waals surface area contributed by atoms with Gasteiger partial charge in [0, 0.05) is 24.5 Å². The topological polar surface area (TPSA) is 73.9 Å². The Bertz CT molecular complexity index is 622. The molecule has 1 aromatic rings. The van der Waals surface area contributed by atoms with E-state index in [1.54, 1.807) is 11.0 Å². The molecule has 1 unspecified atom stereocenters. The number of benzene rings is 1. The van der Waals surface area contributed by atoms with Crippen LogP contribution < -0.4 is 15.5 Å². The molecule has 2 aliphatic rings. The van der Waals surface area contributed by atoms with Crippen LogP contribution in [0.15, 0.2) is 24.3 Å². The minimum Gasteiger partial charge on any atom is -0.447 e. The van der Waals surface area contributed by atoms with Gasteiger partial charge in [-0.2, -0.15) is 0 Å². The second kappa shape index (κ2) is 8.20. The van der Waals surface area contributed by atoms with E-state index in [9.17, 15) is 9.59 Å². The molecule has 1 aromatic carbocycles. The molecule has 2 fully saturated rings. The monoisotopic (exact) mass is 346 g/mol. The SMILES string of the molecule is CCCN1CCC(CNC(=O)Nc2cccc(N3CCOC3=O)c2)C1. The smallest absolute Gasteiger partial charge is 0.414 e. The average molecular weight is 346 g/mol. The Labute approximate surface area is 148 Å². The molecule has 25 heavy (non-hydrogen) atoms. The molecule has 1 atom stereocenters. The molecule has 3 amide bonds. The quantitative estimate of drug-likeness (QED) is 0.830. The molecular formula is C18H26N4O3. The van der Waals surface area contributed by atoms with Crippen molar-refractivity contribution < 1.29 is 14.3 Å². The summed E-state index contributed by atoms with van der Waals surface area (Å²) in [6.07, 6.45) is 1.95. The molecule has 7 nitrogen and oxygen atoms in total. The van der Waals surface area contributed by atoms with Gasteiger partial charge in [0.25, 0.3) is 0 Å². The van der Waals surface area contributed by atoms with Gasteiger partial charge in [0.05, 0.1) is 6.54 Å². The second-order valence-electron chi connectivity index (χ2n) is 6.61. The maximum Gasteiger partial charge on any atom is 0.414 e. The summed E-state index contributed by atoms with van der Waals surface area (Å²) in [4.78, 5) is 27.8. The van der Waals surface area contributed by atoms with Crippen molar-refractivity contribution in [3.8, 4) is 0 Å². The summed E-state index contributed by atoms with van der Waals surface area (Å²) in [7, 11) is 0. The molecule has 2 aliphatic heterocycles. The fourth-order valence-electron chi connectivity index (χ4n) is 3.39. The highest BCUT2D eigenvalue weighted by molar-refractivity contribution is 5.93. The first kappa shape index (κ1) is 17.5. The Morgan fingerprint density at radius 2 is 2.24 bits per heavy atom. The molecule has 2 saturated heterocycles. The number of anilines is 2. The zero-order valence-corrected chi connectivity index (χ0v) is 14.7. The summed E-state index contributed by atoms with van der Waals surface area (Å²) >= 11 is 0. The van der Waals surface area contributed by atoms with Gasteiger partial charge in [-0.15, -0.1) is 0 Å². The molecule has 3 rings (SSSR count). The predicted molar refractivity (Wildman–Crippen MR) is 97.0 cm³/mol. The number of likely N-dealkylation sites (tertiary alicyclic amines) is 1. The fourth-order valence-corrected chi connectivity index (χ4v) is 3.39. The third-order valence-electron chi connectivity index (χ3n) is 4.64. The fraction of sp³-hybridized carbons (Fsp3) is 0.556. The van der Waals surface area contributed by atoms with E-state index in [-0.39, 0.29) is 12.1 Å². The van der Waals surface area contributed by atoms with Crippen molar-refractivity contribution in [2.75, 3.05) is 49.5 Å². The standard InChI is InChI=1S/C18H26N4O3/c1-2-7-21-8-6-14(13-21)12-19-17(23)20-15-4-3-5-16(11-15)22-9-10-25-18(22)24/h3-5,11,14H,2,6-10,12-13H2,1H3,(H2,19,20,23). The van der Waals surface area contributed by atoms with E-state index >= 15 is 0 Å². The molecule has 0 bridgehead atoms. The number of hydrogen-bond donors (Lipinski definition) is 2. The summed E-state index contributed by atoms with van der Waals surface area (Å²) in [6, 6.07) is 7.02.